The Morgan fingerprint density at radius 1 is 1.62 bits per heavy atom. The Morgan fingerprint density at radius 2 is 2.38 bits per heavy atom. The predicted octanol–water partition coefficient (Wildman–Crippen LogP) is 2.63. The maximum Gasteiger partial charge on any atom is 0.251 e. The Morgan fingerprint density at radius 3 is 3.00 bits per heavy atom. The summed E-state index contributed by atoms with van der Waals surface area (Å²) in [5.74, 6) is -0.764. The second-order valence-corrected chi connectivity index (χ2v) is 3.69. The van der Waals surface area contributed by atoms with Crippen molar-refractivity contribution >= 4 is 21.8 Å². The van der Waals surface area contributed by atoms with E-state index >= 15 is 0 Å². The van der Waals surface area contributed by atoms with Gasteiger partial charge in [-0.05, 0) is 39.7 Å². The third-order valence-corrected chi connectivity index (χ3v) is 2.35. The summed E-state index contributed by atoms with van der Waals surface area (Å²) < 4.78 is 13.1. The molecule has 0 aliphatic rings. The zero-order chi connectivity index (χ0) is 12.0. The molecule has 0 aliphatic carbocycles. The number of nitrogens with zero attached hydrogens (tertiary/aromatic N) is 3. The molecule has 1 rings (SSSR count). The van der Waals surface area contributed by atoms with Crippen molar-refractivity contribution in [2.75, 3.05) is 13.1 Å². The van der Waals surface area contributed by atoms with Crippen molar-refractivity contribution in [3.63, 3.8) is 0 Å². The average molecular weight is 287 g/mol. The van der Waals surface area contributed by atoms with E-state index in [4.69, 9.17) is 5.53 Å². The molecule has 0 radical (unpaired) electrons. The topological polar surface area (TPSA) is 77.9 Å². The molecule has 16 heavy (non-hydrogen) atoms. The summed E-state index contributed by atoms with van der Waals surface area (Å²) in [6, 6.07) is 3.97. The number of halogens is 2. The summed E-state index contributed by atoms with van der Waals surface area (Å²) in [5.41, 5.74) is 8.36. The number of carbonyl (C=O) groups is 1. The lowest BCUT2D eigenvalue weighted by atomic mass is 10.2. The van der Waals surface area contributed by atoms with Crippen LogP contribution in [0, 0.1) is 5.82 Å². The SMILES string of the molecule is [N-]=[N+]=NCCNC(=O)c1ccc(F)c(Br)c1. The van der Waals surface area contributed by atoms with Crippen LogP contribution in [0.3, 0.4) is 0 Å². The first-order valence-electron chi connectivity index (χ1n) is 4.39. The fourth-order valence-electron chi connectivity index (χ4n) is 1.00. The minimum absolute atomic E-state index is 0.185. The van der Waals surface area contributed by atoms with Crippen LogP contribution in [0.2, 0.25) is 0 Å². The van der Waals surface area contributed by atoms with E-state index in [0.717, 1.165) is 0 Å². The van der Waals surface area contributed by atoms with Crippen LogP contribution in [0.15, 0.2) is 27.8 Å². The van der Waals surface area contributed by atoms with Crippen molar-refractivity contribution in [2.45, 2.75) is 0 Å². The molecule has 0 bridgehead atoms. The van der Waals surface area contributed by atoms with Crippen LogP contribution in [0.4, 0.5) is 4.39 Å². The van der Waals surface area contributed by atoms with Crippen LogP contribution in [0.1, 0.15) is 10.4 Å². The molecule has 1 amide bonds. The maximum absolute atomic E-state index is 12.9. The smallest absolute Gasteiger partial charge is 0.251 e. The quantitative estimate of drug-likeness (QED) is 0.393. The van der Waals surface area contributed by atoms with Crippen molar-refractivity contribution in [3.05, 3.63) is 44.5 Å². The van der Waals surface area contributed by atoms with Gasteiger partial charge in [0.05, 0.1) is 4.47 Å². The number of nitrogens with one attached hydrogen (secondary N) is 1. The standard InChI is InChI=1S/C9H8BrFN4O/c10-7-5-6(1-2-8(7)11)9(16)13-3-4-14-15-12/h1-2,5H,3-4H2,(H,13,16). The van der Waals surface area contributed by atoms with Crippen LogP contribution in [0.25, 0.3) is 10.4 Å². The molecule has 7 heteroatoms. The number of hydrogen-bond donors (Lipinski definition) is 1. The first-order valence-corrected chi connectivity index (χ1v) is 5.18. The van der Waals surface area contributed by atoms with Gasteiger partial charge in [0.15, 0.2) is 0 Å². The van der Waals surface area contributed by atoms with Gasteiger partial charge in [0, 0.05) is 23.6 Å². The van der Waals surface area contributed by atoms with Crippen molar-refractivity contribution in [2.24, 2.45) is 5.11 Å². The Labute approximate surface area is 99.4 Å². The summed E-state index contributed by atoms with van der Waals surface area (Å²) in [7, 11) is 0. The normalized spacial score (nSPS) is 9.38. The van der Waals surface area contributed by atoms with Crippen molar-refractivity contribution < 1.29 is 9.18 Å². The lowest BCUT2D eigenvalue weighted by Gasteiger charge is -2.03. The van der Waals surface area contributed by atoms with Gasteiger partial charge in [-0.15, -0.1) is 0 Å². The summed E-state index contributed by atoms with van der Waals surface area (Å²) >= 11 is 2.99. The molecule has 0 saturated carbocycles. The van der Waals surface area contributed by atoms with E-state index in [-0.39, 0.29) is 23.5 Å². The van der Waals surface area contributed by atoms with Crippen LogP contribution in [0.5, 0.6) is 0 Å². The van der Waals surface area contributed by atoms with Crippen molar-refractivity contribution in [3.8, 4) is 0 Å². The molecule has 1 aromatic carbocycles. The lowest BCUT2D eigenvalue weighted by molar-refractivity contribution is 0.0954. The van der Waals surface area contributed by atoms with E-state index in [9.17, 15) is 9.18 Å². The van der Waals surface area contributed by atoms with Crippen LogP contribution in [-0.2, 0) is 0 Å². The minimum atomic E-state index is -0.425. The van der Waals surface area contributed by atoms with E-state index < -0.39 is 5.82 Å². The molecule has 0 heterocycles. The second-order valence-electron chi connectivity index (χ2n) is 2.84. The molecule has 84 valence electrons. The molecule has 0 spiro atoms. The number of benzene rings is 1. The van der Waals surface area contributed by atoms with Crippen molar-refractivity contribution in [1.29, 1.82) is 0 Å². The Kier molecular flexibility index (Phi) is 4.75. The summed E-state index contributed by atoms with van der Waals surface area (Å²) in [5, 5.41) is 5.80. The van der Waals surface area contributed by atoms with Gasteiger partial charge in [0.25, 0.3) is 5.91 Å². The largest absolute Gasteiger partial charge is 0.352 e. The van der Waals surface area contributed by atoms with Gasteiger partial charge < -0.3 is 5.32 Å². The molecular formula is C9H8BrFN4O. The maximum atomic E-state index is 12.9. The molecule has 0 aromatic heterocycles. The number of carbonyl (C=O) groups excluding carboxylic acids is 1. The minimum Gasteiger partial charge on any atom is -0.352 e. The zero-order valence-electron chi connectivity index (χ0n) is 8.15. The summed E-state index contributed by atoms with van der Waals surface area (Å²) in [6.45, 7) is 0.433. The Balaban J connectivity index is 2.59. The molecule has 1 N–H and O–H groups in total. The molecule has 0 atom stereocenters. The van der Waals surface area contributed by atoms with Gasteiger partial charge in [-0.2, -0.15) is 0 Å². The van der Waals surface area contributed by atoms with E-state index in [1.54, 1.807) is 0 Å². The predicted molar refractivity (Wildman–Crippen MR) is 60.4 cm³/mol. The number of rotatable bonds is 4. The molecule has 1 aromatic rings. The Bertz CT molecular complexity index is 445. The molecular weight excluding hydrogens is 279 g/mol. The summed E-state index contributed by atoms with van der Waals surface area (Å²) in [6.07, 6.45) is 0. The number of hydrogen-bond acceptors (Lipinski definition) is 2. The van der Waals surface area contributed by atoms with Crippen LogP contribution in [-0.4, -0.2) is 19.0 Å². The van der Waals surface area contributed by atoms with Gasteiger partial charge in [-0.25, -0.2) is 4.39 Å². The highest BCUT2D eigenvalue weighted by molar-refractivity contribution is 9.10. The molecule has 5 nitrogen and oxygen atoms in total. The fraction of sp³-hybridized carbons (Fsp3) is 0.222. The number of azide groups is 1. The van der Waals surface area contributed by atoms with Gasteiger partial charge in [-0.1, -0.05) is 5.11 Å². The third-order valence-electron chi connectivity index (χ3n) is 1.74. The van der Waals surface area contributed by atoms with E-state index in [1.807, 2.05) is 0 Å². The molecule has 0 fully saturated rings. The highest BCUT2D eigenvalue weighted by Gasteiger charge is 2.07. The van der Waals surface area contributed by atoms with E-state index in [2.05, 4.69) is 31.3 Å². The molecule has 0 aliphatic heterocycles. The zero-order valence-corrected chi connectivity index (χ0v) is 9.74. The summed E-state index contributed by atoms with van der Waals surface area (Å²) in [4.78, 5) is 14.0. The highest BCUT2D eigenvalue weighted by Crippen LogP contribution is 2.16. The van der Waals surface area contributed by atoms with E-state index in [1.165, 1.54) is 18.2 Å². The molecule has 0 unspecified atom stereocenters. The van der Waals surface area contributed by atoms with Crippen LogP contribution >= 0.6 is 15.9 Å². The first kappa shape index (κ1) is 12.5. The van der Waals surface area contributed by atoms with Gasteiger partial charge in [-0.3, -0.25) is 4.79 Å². The van der Waals surface area contributed by atoms with E-state index in [0.29, 0.717) is 5.56 Å². The fourth-order valence-corrected chi connectivity index (χ4v) is 1.38. The lowest BCUT2D eigenvalue weighted by Crippen LogP contribution is -2.25. The van der Waals surface area contributed by atoms with Crippen molar-refractivity contribution in [1.82, 2.24) is 5.32 Å². The van der Waals surface area contributed by atoms with Crippen LogP contribution < -0.4 is 5.32 Å². The first-order chi connectivity index (χ1) is 7.65. The molecule has 0 saturated heterocycles. The third kappa shape index (κ3) is 3.52. The van der Waals surface area contributed by atoms with Gasteiger partial charge in [0.2, 0.25) is 0 Å². The van der Waals surface area contributed by atoms with Gasteiger partial charge in [0.1, 0.15) is 5.82 Å². The average Bonchev–Trinajstić information content (AvgIpc) is 2.28. The Hall–Kier alpha value is -1.59. The number of amides is 1. The highest BCUT2D eigenvalue weighted by atomic mass is 79.9. The second kappa shape index (κ2) is 6.09. The van der Waals surface area contributed by atoms with Gasteiger partial charge >= 0.3 is 0 Å². The monoisotopic (exact) mass is 286 g/mol.